The van der Waals surface area contributed by atoms with Gasteiger partial charge in [0.05, 0.1) is 10.5 Å². The van der Waals surface area contributed by atoms with Crippen molar-refractivity contribution in [2.45, 2.75) is 18.9 Å². The van der Waals surface area contributed by atoms with Gasteiger partial charge in [-0.25, -0.2) is 4.98 Å². The quantitative estimate of drug-likeness (QED) is 0.761. The van der Waals surface area contributed by atoms with E-state index in [1.165, 1.54) is 5.56 Å². The molecule has 3 nitrogen and oxygen atoms in total. The molecule has 1 aromatic heterocycles. The predicted molar refractivity (Wildman–Crippen MR) is 69.0 cm³/mol. The van der Waals surface area contributed by atoms with Gasteiger partial charge in [-0.15, -0.1) is 11.8 Å². The third kappa shape index (κ3) is 1.82. The van der Waals surface area contributed by atoms with Crippen LogP contribution in [0.15, 0.2) is 23.2 Å². The van der Waals surface area contributed by atoms with Crippen molar-refractivity contribution in [2.75, 3.05) is 12.5 Å². The Bertz CT molecular complexity index is 583. The number of fused-ring (bicyclic) bond motifs is 2. The molecule has 0 fully saturated rings. The van der Waals surface area contributed by atoms with Crippen LogP contribution >= 0.6 is 11.8 Å². The average Bonchev–Trinajstić information content (AvgIpc) is 2.74. The molecule has 0 spiro atoms. The van der Waals surface area contributed by atoms with Crippen LogP contribution in [0.2, 0.25) is 0 Å². The van der Waals surface area contributed by atoms with Crippen molar-refractivity contribution >= 4 is 22.7 Å². The summed E-state index contributed by atoms with van der Waals surface area (Å²) in [6.07, 6.45) is 0. The molecular formula is C13H13NO2S. The van der Waals surface area contributed by atoms with E-state index in [1.807, 2.05) is 12.1 Å². The van der Waals surface area contributed by atoms with Gasteiger partial charge in [0.15, 0.2) is 11.5 Å². The van der Waals surface area contributed by atoms with Crippen molar-refractivity contribution in [1.29, 1.82) is 0 Å². The highest BCUT2D eigenvalue weighted by atomic mass is 32.2. The van der Waals surface area contributed by atoms with Crippen LogP contribution in [0.3, 0.4) is 0 Å². The fourth-order valence-corrected chi connectivity index (χ4v) is 2.66. The van der Waals surface area contributed by atoms with Crippen LogP contribution in [0, 0.1) is 6.92 Å². The fraction of sp³-hybridized carbons (Fsp3) is 0.308. The molecule has 0 aliphatic carbocycles. The molecular weight excluding hydrogens is 234 g/mol. The van der Waals surface area contributed by atoms with Gasteiger partial charge in [-0.3, -0.25) is 0 Å². The Kier molecular flexibility index (Phi) is 2.59. The molecule has 1 aromatic carbocycles. The number of hydrogen-bond acceptors (Lipinski definition) is 4. The standard InChI is InChI=1S/C13H13NO2S/c1-3-17-13-8(2)4-9-5-11-12(16-7-15-11)6-10(9)14-13/h4-6H,3,7H2,1-2H3. The smallest absolute Gasteiger partial charge is 0.231 e. The molecule has 88 valence electrons. The lowest BCUT2D eigenvalue weighted by Crippen LogP contribution is -1.92. The second-order valence-corrected chi connectivity index (χ2v) is 5.19. The molecule has 0 atom stereocenters. The Morgan fingerprint density at radius 1 is 1.24 bits per heavy atom. The van der Waals surface area contributed by atoms with Crippen LogP contribution in [0.5, 0.6) is 11.5 Å². The van der Waals surface area contributed by atoms with Gasteiger partial charge < -0.3 is 9.47 Å². The highest BCUT2D eigenvalue weighted by Crippen LogP contribution is 2.36. The monoisotopic (exact) mass is 247 g/mol. The van der Waals surface area contributed by atoms with Gasteiger partial charge in [-0.1, -0.05) is 6.92 Å². The molecule has 3 rings (SSSR count). The van der Waals surface area contributed by atoms with Crippen LogP contribution in [-0.2, 0) is 0 Å². The Hall–Kier alpha value is -1.42. The lowest BCUT2D eigenvalue weighted by molar-refractivity contribution is 0.174. The van der Waals surface area contributed by atoms with Crippen LogP contribution < -0.4 is 9.47 Å². The molecule has 17 heavy (non-hydrogen) atoms. The summed E-state index contributed by atoms with van der Waals surface area (Å²) in [5.41, 5.74) is 2.18. The third-order valence-electron chi connectivity index (χ3n) is 2.73. The molecule has 1 aliphatic heterocycles. The zero-order valence-corrected chi connectivity index (χ0v) is 10.6. The first-order valence-electron chi connectivity index (χ1n) is 5.61. The highest BCUT2D eigenvalue weighted by molar-refractivity contribution is 7.99. The second kappa shape index (κ2) is 4.11. The fourth-order valence-electron chi connectivity index (χ4n) is 1.93. The Labute approximate surface area is 104 Å². The normalized spacial score (nSPS) is 13.3. The summed E-state index contributed by atoms with van der Waals surface area (Å²) in [5.74, 6) is 2.64. The minimum absolute atomic E-state index is 0.307. The summed E-state index contributed by atoms with van der Waals surface area (Å²) >= 11 is 1.77. The SMILES string of the molecule is CCSc1nc2cc3c(cc2cc1C)OCO3. The Morgan fingerprint density at radius 2 is 2.00 bits per heavy atom. The van der Waals surface area contributed by atoms with Crippen LogP contribution in [0.25, 0.3) is 10.9 Å². The first-order valence-corrected chi connectivity index (χ1v) is 6.60. The molecule has 2 heterocycles. The number of benzene rings is 1. The van der Waals surface area contributed by atoms with Crippen molar-refractivity contribution in [3.05, 3.63) is 23.8 Å². The summed E-state index contributed by atoms with van der Waals surface area (Å²) in [4.78, 5) is 4.67. The van der Waals surface area contributed by atoms with Gasteiger partial charge >= 0.3 is 0 Å². The summed E-state index contributed by atoms with van der Waals surface area (Å²) in [5, 5.41) is 2.20. The van der Waals surface area contributed by atoms with Gasteiger partial charge in [-0.2, -0.15) is 0 Å². The number of pyridine rings is 1. The number of aromatic nitrogens is 1. The van der Waals surface area contributed by atoms with E-state index in [1.54, 1.807) is 11.8 Å². The Balaban J connectivity index is 2.18. The molecule has 0 amide bonds. The van der Waals surface area contributed by atoms with E-state index in [4.69, 9.17) is 9.47 Å². The van der Waals surface area contributed by atoms with Crippen LogP contribution in [0.1, 0.15) is 12.5 Å². The first-order chi connectivity index (χ1) is 8.28. The largest absolute Gasteiger partial charge is 0.454 e. The summed E-state index contributed by atoms with van der Waals surface area (Å²) in [7, 11) is 0. The van der Waals surface area contributed by atoms with Crippen LogP contribution in [0.4, 0.5) is 0 Å². The first kappa shape index (κ1) is 10.7. The van der Waals surface area contributed by atoms with Gasteiger partial charge in [-0.05, 0) is 30.4 Å². The van der Waals surface area contributed by atoms with Crippen molar-refractivity contribution in [3.63, 3.8) is 0 Å². The maximum Gasteiger partial charge on any atom is 0.231 e. The van der Waals surface area contributed by atoms with Crippen molar-refractivity contribution in [2.24, 2.45) is 0 Å². The lowest BCUT2D eigenvalue weighted by atomic mass is 10.1. The zero-order valence-electron chi connectivity index (χ0n) is 9.82. The van der Waals surface area contributed by atoms with Gasteiger partial charge in [0.2, 0.25) is 6.79 Å². The van der Waals surface area contributed by atoms with E-state index in [0.29, 0.717) is 6.79 Å². The Morgan fingerprint density at radius 3 is 2.76 bits per heavy atom. The number of thioether (sulfide) groups is 1. The number of aryl methyl sites for hydroxylation is 1. The number of ether oxygens (including phenoxy) is 2. The minimum atomic E-state index is 0.307. The van der Waals surface area contributed by atoms with E-state index in [2.05, 4.69) is 24.9 Å². The maximum atomic E-state index is 5.37. The maximum absolute atomic E-state index is 5.37. The summed E-state index contributed by atoms with van der Waals surface area (Å²) < 4.78 is 10.7. The topological polar surface area (TPSA) is 31.4 Å². The van der Waals surface area contributed by atoms with Gasteiger partial charge in [0.1, 0.15) is 0 Å². The van der Waals surface area contributed by atoms with E-state index in [0.717, 1.165) is 33.2 Å². The number of rotatable bonds is 2. The average molecular weight is 247 g/mol. The molecule has 1 aliphatic rings. The molecule has 0 bridgehead atoms. The van der Waals surface area contributed by atoms with Crippen LogP contribution in [-0.4, -0.2) is 17.5 Å². The van der Waals surface area contributed by atoms with Crippen molar-refractivity contribution in [3.8, 4) is 11.5 Å². The lowest BCUT2D eigenvalue weighted by Gasteiger charge is -2.06. The number of nitrogens with zero attached hydrogens (tertiary/aromatic N) is 1. The molecule has 0 radical (unpaired) electrons. The second-order valence-electron chi connectivity index (χ2n) is 3.94. The minimum Gasteiger partial charge on any atom is -0.454 e. The van der Waals surface area contributed by atoms with E-state index in [9.17, 15) is 0 Å². The molecule has 0 saturated heterocycles. The number of hydrogen-bond donors (Lipinski definition) is 0. The summed E-state index contributed by atoms with van der Waals surface area (Å²) in [6, 6.07) is 6.11. The van der Waals surface area contributed by atoms with Crippen molar-refractivity contribution in [1.82, 2.24) is 4.98 Å². The molecule has 2 aromatic rings. The molecule has 0 unspecified atom stereocenters. The third-order valence-corrected chi connectivity index (χ3v) is 3.71. The summed E-state index contributed by atoms with van der Waals surface area (Å²) in [6.45, 7) is 4.53. The molecule has 0 saturated carbocycles. The molecule has 0 N–H and O–H groups in total. The molecule has 4 heteroatoms. The van der Waals surface area contributed by atoms with E-state index < -0.39 is 0 Å². The predicted octanol–water partition coefficient (Wildman–Crippen LogP) is 3.38. The zero-order chi connectivity index (χ0) is 11.8. The van der Waals surface area contributed by atoms with E-state index in [-0.39, 0.29) is 0 Å². The van der Waals surface area contributed by atoms with E-state index >= 15 is 0 Å². The van der Waals surface area contributed by atoms with Crippen molar-refractivity contribution < 1.29 is 9.47 Å². The van der Waals surface area contributed by atoms with Gasteiger partial charge in [0, 0.05) is 11.5 Å². The highest BCUT2D eigenvalue weighted by Gasteiger charge is 2.15. The van der Waals surface area contributed by atoms with Gasteiger partial charge in [0.25, 0.3) is 0 Å².